The van der Waals surface area contributed by atoms with Crippen molar-refractivity contribution in [1.82, 2.24) is 4.90 Å². The molecule has 0 aliphatic heterocycles. The summed E-state index contributed by atoms with van der Waals surface area (Å²) in [5, 5.41) is 2.52. The van der Waals surface area contributed by atoms with Crippen LogP contribution in [0.4, 0.5) is 19.3 Å². The molecule has 126 valence electrons. The minimum Gasteiger partial charge on any atom is -0.496 e. The van der Waals surface area contributed by atoms with Gasteiger partial charge in [-0.25, -0.2) is 13.6 Å². The molecular formula is C18H18F2N2O2. The summed E-state index contributed by atoms with van der Waals surface area (Å²) in [7, 11) is 1.58. The Balaban J connectivity index is 1.77. The number of benzene rings is 2. The van der Waals surface area contributed by atoms with Crippen molar-refractivity contribution in [3.05, 3.63) is 59.7 Å². The second-order valence-electron chi connectivity index (χ2n) is 5.73. The topological polar surface area (TPSA) is 41.6 Å². The molecule has 1 fully saturated rings. The lowest BCUT2D eigenvalue weighted by molar-refractivity contribution is 0.205. The molecule has 2 amide bonds. The van der Waals surface area contributed by atoms with Crippen LogP contribution in [0.25, 0.3) is 0 Å². The molecule has 0 bridgehead atoms. The lowest BCUT2D eigenvalue weighted by Crippen LogP contribution is -2.36. The lowest BCUT2D eigenvalue weighted by Gasteiger charge is -2.24. The summed E-state index contributed by atoms with van der Waals surface area (Å²) < 4.78 is 32.0. The van der Waals surface area contributed by atoms with Gasteiger partial charge in [-0.3, -0.25) is 0 Å². The van der Waals surface area contributed by atoms with Crippen molar-refractivity contribution in [2.24, 2.45) is 0 Å². The zero-order valence-electron chi connectivity index (χ0n) is 13.3. The van der Waals surface area contributed by atoms with E-state index in [1.807, 2.05) is 24.3 Å². The molecule has 2 aromatic rings. The zero-order chi connectivity index (χ0) is 17.1. The highest BCUT2D eigenvalue weighted by molar-refractivity contribution is 5.89. The monoisotopic (exact) mass is 332 g/mol. The average molecular weight is 332 g/mol. The first kappa shape index (κ1) is 16.2. The Hall–Kier alpha value is -2.63. The summed E-state index contributed by atoms with van der Waals surface area (Å²) >= 11 is 0. The highest BCUT2D eigenvalue weighted by Gasteiger charge is 2.33. The van der Waals surface area contributed by atoms with Crippen LogP contribution in [0.1, 0.15) is 18.4 Å². The number of hydrogen-bond donors (Lipinski definition) is 1. The van der Waals surface area contributed by atoms with E-state index in [0.717, 1.165) is 30.5 Å². The molecule has 0 atom stereocenters. The van der Waals surface area contributed by atoms with Crippen molar-refractivity contribution < 1.29 is 18.3 Å². The molecular weight excluding hydrogens is 314 g/mol. The third-order valence-corrected chi connectivity index (χ3v) is 3.95. The first-order valence-electron chi connectivity index (χ1n) is 7.73. The van der Waals surface area contributed by atoms with E-state index in [2.05, 4.69) is 5.32 Å². The van der Waals surface area contributed by atoms with Crippen LogP contribution in [-0.2, 0) is 6.54 Å². The molecule has 0 heterocycles. The van der Waals surface area contributed by atoms with Crippen LogP contribution in [-0.4, -0.2) is 24.1 Å². The largest absolute Gasteiger partial charge is 0.496 e. The summed E-state index contributed by atoms with van der Waals surface area (Å²) in [6.07, 6.45) is 1.82. The van der Waals surface area contributed by atoms with Crippen LogP contribution in [0.3, 0.4) is 0 Å². The minimum absolute atomic E-state index is 0.0351. The lowest BCUT2D eigenvalue weighted by atomic mass is 10.2. The molecule has 1 aliphatic rings. The van der Waals surface area contributed by atoms with Crippen LogP contribution in [0, 0.1) is 11.6 Å². The van der Waals surface area contributed by atoms with E-state index in [9.17, 15) is 13.6 Å². The number of halogens is 2. The highest BCUT2D eigenvalue weighted by atomic mass is 19.1. The van der Waals surface area contributed by atoms with Gasteiger partial charge in [0, 0.05) is 17.7 Å². The molecule has 24 heavy (non-hydrogen) atoms. The van der Waals surface area contributed by atoms with E-state index in [-0.39, 0.29) is 11.7 Å². The van der Waals surface area contributed by atoms with Gasteiger partial charge < -0.3 is 15.0 Å². The molecule has 1 aliphatic carbocycles. The normalized spacial score (nSPS) is 13.5. The first-order chi connectivity index (χ1) is 11.6. The number of carbonyl (C=O) groups is 1. The summed E-state index contributed by atoms with van der Waals surface area (Å²) in [4.78, 5) is 14.2. The first-order valence-corrected chi connectivity index (χ1v) is 7.73. The van der Waals surface area contributed by atoms with Gasteiger partial charge in [-0.05, 0) is 31.0 Å². The molecule has 2 aromatic carbocycles. The maximum absolute atomic E-state index is 13.7. The van der Waals surface area contributed by atoms with E-state index < -0.39 is 17.7 Å². The highest BCUT2D eigenvalue weighted by Crippen LogP contribution is 2.31. The number of nitrogens with zero attached hydrogens (tertiary/aromatic N) is 1. The van der Waals surface area contributed by atoms with E-state index >= 15 is 0 Å². The molecule has 1 N–H and O–H groups in total. The third kappa shape index (κ3) is 3.64. The molecule has 0 spiro atoms. The number of para-hydroxylation sites is 1. The van der Waals surface area contributed by atoms with E-state index in [4.69, 9.17) is 4.74 Å². The molecule has 1 saturated carbocycles. The number of ether oxygens (including phenoxy) is 1. The Morgan fingerprint density at radius 1 is 1.25 bits per heavy atom. The standard InChI is InChI=1S/C18H18F2N2O2/c1-24-17-5-3-2-4-12(17)11-22(14-7-8-14)18(23)21-16-9-6-13(19)10-15(16)20/h2-6,9-10,14H,7-8,11H2,1H3,(H,21,23). The smallest absolute Gasteiger partial charge is 0.322 e. The maximum atomic E-state index is 13.7. The summed E-state index contributed by atoms with van der Waals surface area (Å²) in [6, 6.07) is 10.2. The fourth-order valence-electron chi connectivity index (χ4n) is 2.55. The van der Waals surface area contributed by atoms with Gasteiger partial charge in [-0.2, -0.15) is 0 Å². The van der Waals surface area contributed by atoms with Gasteiger partial charge in [0.25, 0.3) is 0 Å². The number of carbonyl (C=O) groups excluding carboxylic acids is 1. The maximum Gasteiger partial charge on any atom is 0.322 e. The van der Waals surface area contributed by atoms with Crippen molar-refractivity contribution >= 4 is 11.7 Å². The van der Waals surface area contributed by atoms with Crippen molar-refractivity contribution in [2.45, 2.75) is 25.4 Å². The number of nitrogens with one attached hydrogen (secondary N) is 1. The number of anilines is 1. The van der Waals surface area contributed by atoms with Gasteiger partial charge >= 0.3 is 6.03 Å². The van der Waals surface area contributed by atoms with Gasteiger partial charge in [0.05, 0.1) is 19.3 Å². The average Bonchev–Trinajstić information content (AvgIpc) is 3.40. The second kappa shape index (κ2) is 6.86. The predicted molar refractivity (Wildman–Crippen MR) is 86.9 cm³/mol. The number of methoxy groups -OCH3 is 1. The molecule has 0 radical (unpaired) electrons. The second-order valence-corrected chi connectivity index (χ2v) is 5.73. The van der Waals surface area contributed by atoms with Crippen molar-refractivity contribution in [1.29, 1.82) is 0 Å². The van der Waals surface area contributed by atoms with E-state index in [1.165, 1.54) is 6.07 Å². The van der Waals surface area contributed by atoms with Gasteiger partial charge in [0.2, 0.25) is 0 Å². The summed E-state index contributed by atoms with van der Waals surface area (Å²) in [5.41, 5.74) is 0.841. The Labute approximate surface area is 139 Å². The van der Waals surface area contributed by atoms with Crippen molar-refractivity contribution in [3.63, 3.8) is 0 Å². The van der Waals surface area contributed by atoms with Crippen LogP contribution in [0.15, 0.2) is 42.5 Å². The molecule has 6 heteroatoms. The Bertz CT molecular complexity index is 748. The minimum atomic E-state index is -0.795. The van der Waals surface area contributed by atoms with Gasteiger partial charge in [-0.15, -0.1) is 0 Å². The molecule has 0 aromatic heterocycles. The molecule has 4 nitrogen and oxygen atoms in total. The molecule has 0 saturated heterocycles. The Morgan fingerprint density at radius 3 is 2.67 bits per heavy atom. The van der Waals surface area contributed by atoms with Gasteiger partial charge in [0.1, 0.15) is 17.4 Å². The third-order valence-electron chi connectivity index (χ3n) is 3.95. The van der Waals surface area contributed by atoms with Gasteiger partial charge in [-0.1, -0.05) is 18.2 Å². The fraction of sp³-hybridized carbons (Fsp3) is 0.278. The van der Waals surface area contributed by atoms with Crippen LogP contribution >= 0.6 is 0 Å². The van der Waals surface area contributed by atoms with Crippen LogP contribution in [0.5, 0.6) is 5.75 Å². The van der Waals surface area contributed by atoms with Crippen LogP contribution < -0.4 is 10.1 Å². The number of hydrogen-bond acceptors (Lipinski definition) is 2. The summed E-state index contributed by atoms with van der Waals surface area (Å²) in [6.45, 7) is 0.364. The predicted octanol–water partition coefficient (Wildman–Crippen LogP) is 4.17. The number of rotatable bonds is 5. The zero-order valence-corrected chi connectivity index (χ0v) is 13.3. The van der Waals surface area contributed by atoms with Crippen molar-refractivity contribution in [2.75, 3.05) is 12.4 Å². The number of amides is 2. The van der Waals surface area contributed by atoms with Crippen LogP contribution in [0.2, 0.25) is 0 Å². The Kier molecular flexibility index (Phi) is 4.64. The Morgan fingerprint density at radius 2 is 2.00 bits per heavy atom. The SMILES string of the molecule is COc1ccccc1CN(C(=O)Nc1ccc(F)cc1F)C1CC1. The van der Waals surface area contributed by atoms with Crippen molar-refractivity contribution in [3.8, 4) is 5.75 Å². The van der Waals surface area contributed by atoms with Gasteiger partial charge in [0.15, 0.2) is 0 Å². The fourth-order valence-corrected chi connectivity index (χ4v) is 2.55. The van der Waals surface area contributed by atoms with E-state index in [0.29, 0.717) is 12.3 Å². The van der Waals surface area contributed by atoms with E-state index in [1.54, 1.807) is 12.0 Å². The molecule has 3 rings (SSSR count). The summed E-state index contributed by atoms with van der Waals surface area (Å²) in [5.74, 6) is -0.779. The molecule has 0 unspecified atom stereocenters. The quantitative estimate of drug-likeness (QED) is 0.893. The number of urea groups is 1.